The molecule has 0 amide bonds. The van der Waals surface area contributed by atoms with Gasteiger partial charge in [-0.1, -0.05) is 5.16 Å². The number of nitrogens with one attached hydrogen (secondary N) is 2. The molecule has 1 aromatic carbocycles. The lowest BCUT2D eigenvalue weighted by molar-refractivity contribution is 0.307. The van der Waals surface area contributed by atoms with E-state index in [1.165, 1.54) is 0 Å². The summed E-state index contributed by atoms with van der Waals surface area (Å²) >= 11 is 0. The first-order valence-electron chi connectivity index (χ1n) is 8.22. The van der Waals surface area contributed by atoms with E-state index in [4.69, 9.17) is 9.26 Å². The van der Waals surface area contributed by atoms with Crippen molar-refractivity contribution in [3.63, 3.8) is 0 Å². The number of nitrogens with zero attached hydrogens (tertiary/aromatic N) is 3. The summed E-state index contributed by atoms with van der Waals surface area (Å²) in [5.74, 6) is 1.36. The number of benzene rings is 1. The summed E-state index contributed by atoms with van der Waals surface area (Å²) in [4.78, 5) is 9.96. The largest absolute Gasteiger partial charge is 0.490 e. The Morgan fingerprint density at radius 2 is 2.27 bits per heavy atom. The van der Waals surface area contributed by atoms with Crippen molar-refractivity contribution in [2.75, 3.05) is 22.8 Å². The summed E-state index contributed by atoms with van der Waals surface area (Å²) in [6.45, 7) is 5.62. The molecule has 3 heterocycles. The van der Waals surface area contributed by atoms with Gasteiger partial charge in [-0.05, 0) is 32.0 Å². The fraction of sp³-hybridized carbons (Fsp3) is 0.294. The van der Waals surface area contributed by atoms with Crippen LogP contribution in [0.1, 0.15) is 17.1 Å². The van der Waals surface area contributed by atoms with Crippen LogP contribution in [0.15, 0.2) is 40.1 Å². The topological polar surface area (TPSA) is 96.3 Å². The fourth-order valence-electron chi connectivity index (χ4n) is 2.97. The number of fused-ring (bicyclic) bond motifs is 1. The molecule has 0 radical (unpaired) electrons. The van der Waals surface area contributed by atoms with Crippen molar-refractivity contribution in [1.29, 1.82) is 0 Å². The Kier molecular flexibility index (Phi) is 4.37. The predicted octanol–water partition coefficient (Wildman–Crippen LogP) is 2.55. The second-order valence-corrected chi connectivity index (χ2v) is 7.20. The summed E-state index contributed by atoms with van der Waals surface area (Å²) in [5, 5.41) is 3.86. The number of anilines is 2. The van der Waals surface area contributed by atoms with Gasteiger partial charge in [-0.3, -0.25) is 0 Å². The summed E-state index contributed by atoms with van der Waals surface area (Å²) in [6.07, 6.45) is 3.48. The number of imidazole rings is 1. The molecule has 1 atom stereocenters. The molecule has 136 valence electrons. The van der Waals surface area contributed by atoms with E-state index in [0.717, 1.165) is 29.4 Å². The number of ether oxygens (including phenoxy) is 1. The summed E-state index contributed by atoms with van der Waals surface area (Å²) in [5.41, 5.74) is 3.33. The van der Waals surface area contributed by atoms with Crippen molar-refractivity contribution >= 4 is 22.4 Å². The molecule has 26 heavy (non-hydrogen) atoms. The third-order valence-corrected chi connectivity index (χ3v) is 5.57. The monoisotopic (exact) mass is 373 g/mol. The molecule has 0 bridgehead atoms. The second kappa shape index (κ2) is 6.83. The van der Waals surface area contributed by atoms with Gasteiger partial charge in [0.2, 0.25) is 0 Å². The van der Waals surface area contributed by atoms with Gasteiger partial charge in [0.05, 0.1) is 36.5 Å². The van der Waals surface area contributed by atoms with E-state index >= 15 is 0 Å². The van der Waals surface area contributed by atoms with Gasteiger partial charge in [-0.15, -0.1) is 0 Å². The molecule has 0 saturated carbocycles. The van der Waals surface area contributed by atoms with E-state index in [-0.39, 0.29) is 0 Å². The zero-order valence-corrected chi connectivity index (χ0v) is 15.3. The van der Waals surface area contributed by atoms with Crippen molar-refractivity contribution in [2.45, 2.75) is 25.3 Å². The van der Waals surface area contributed by atoms with Gasteiger partial charge in [0.25, 0.3) is 0 Å². The van der Waals surface area contributed by atoms with Crippen molar-refractivity contribution in [1.82, 2.24) is 15.1 Å². The highest BCUT2D eigenvalue weighted by Crippen LogP contribution is 2.35. The summed E-state index contributed by atoms with van der Waals surface area (Å²) < 4.78 is 26.5. The molecule has 8 nitrogen and oxygen atoms in total. The van der Waals surface area contributed by atoms with Crippen molar-refractivity contribution in [3.8, 4) is 5.75 Å². The zero-order chi connectivity index (χ0) is 18.1. The van der Waals surface area contributed by atoms with Crippen molar-refractivity contribution < 1.29 is 13.5 Å². The van der Waals surface area contributed by atoms with Crippen LogP contribution in [0.4, 0.5) is 11.4 Å². The molecule has 3 aromatic rings. The average Bonchev–Trinajstić information content (AvgIpc) is 3.25. The lowest BCUT2D eigenvalue weighted by atomic mass is 10.2. The lowest BCUT2D eigenvalue weighted by Crippen LogP contribution is -2.32. The second-order valence-electron chi connectivity index (χ2n) is 6.05. The number of aromatic nitrogens is 3. The van der Waals surface area contributed by atoms with Crippen LogP contribution in [0.25, 0.3) is 0 Å². The molecule has 4 rings (SSSR count). The third-order valence-electron chi connectivity index (χ3n) is 4.20. The predicted molar refractivity (Wildman–Crippen MR) is 97.6 cm³/mol. The Morgan fingerprint density at radius 3 is 3.00 bits per heavy atom. The quantitative estimate of drug-likeness (QED) is 0.713. The maximum Gasteiger partial charge on any atom is 0.155 e. The minimum atomic E-state index is -1.45. The number of rotatable bonds is 5. The van der Waals surface area contributed by atoms with E-state index in [9.17, 15) is 4.21 Å². The number of aromatic amines is 1. The highest BCUT2D eigenvalue weighted by Gasteiger charge is 2.21. The molecular formula is C17H19N5O3S. The highest BCUT2D eigenvalue weighted by atomic mass is 32.2. The van der Waals surface area contributed by atoms with E-state index in [0.29, 0.717) is 29.5 Å². The van der Waals surface area contributed by atoms with Crippen LogP contribution in [0, 0.1) is 13.8 Å². The van der Waals surface area contributed by atoms with Gasteiger partial charge in [0.15, 0.2) is 16.7 Å². The molecule has 0 fully saturated rings. The Balaban J connectivity index is 1.58. The van der Waals surface area contributed by atoms with Crippen molar-refractivity contribution in [2.24, 2.45) is 0 Å². The van der Waals surface area contributed by atoms with Crippen LogP contribution < -0.4 is 14.4 Å². The van der Waals surface area contributed by atoms with Crippen LogP contribution in [0.3, 0.4) is 0 Å². The average molecular weight is 373 g/mol. The standard InChI is InChI=1S/C17H19N5O3S/c1-11-17(12(2)25-20-11)26(23)21-13-3-4-16-15(7-13)22(5-6-24-16)9-14-8-18-10-19-14/h3-4,7-8,10,21H,5-6,9H2,1-2H3,(H,18,19). The number of aryl methyl sites for hydroxylation is 2. The minimum absolute atomic E-state index is 0.551. The summed E-state index contributed by atoms with van der Waals surface area (Å²) in [7, 11) is -1.45. The number of H-pyrrole nitrogens is 1. The van der Waals surface area contributed by atoms with E-state index in [2.05, 4.69) is 24.7 Å². The Bertz CT molecular complexity index is 919. The smallest absolute Gasteiger partial charge is 0.155 e. The molecule has 2 N–H and O–H groups in total. The van der Waals surface area contributed by atoms with Crippen LogP contribution in [-0.2, 0) is 17.5 Å². The Morgan fingerprint density at radius 1 is 1.38 bits per heavy atom. The first-order chi connectivity index (χ1) is 12.6. The van der Waals surface area contributed by atoms with Gasteiger partial charge in [0.1, 0.15) is 17.3 Å². The normalized spacial score (nSPS) is 14.6. The molecule has 1 unspecified atom stereocenters. The van der Waals surface area contributed by atoms with Crippen LogP contribution in [0.5, 0.6) is 5.75 Å². The molecule has 0 saturated heterocycles. The molecule has 9 heteroatoms. The van der Waals surface area contributed by atoms with Gasteiger partial charge in [-0.25, -0.2) is 9.19 Å². The van der Waals surface area contributed by atoms with E-state index in [1.54, 1.807) is 20.2 Å². The minimum Gasteiger partial charge on any atom is -0.490 e. The zero-order valence-electron chi connectivity index (χ0n) is 14.5. The van der Waals surface area contributed by atoms with Crippen LogP contribution in [0.2, 0.25) is 0 Å². The molecule has 1 aliphatic heterocycles. The van der Waals surface area contributed by atoms with Gasteiger partial charge < -0.3 is 23.9 Å². The molecular weight excluding hydrogens is 354 g/mol. The first kappa shape index (κ1) is 16.6. The lowest BCUT2D eigenvalue weighted by Gasteiger charge is -2.31. The molecule has 1 aliphatic rings. The Labute approximate surface area is 153 Å². The highest BCUT2D eigenvalue weighted by molar-refractivity contribution is 7.86. The van der Waals surface area contributed by atoms with Gasteiger partial charge in [-0.2, -0.15) is 0 Å². The molecule has 0 spiro atoms. The maximum absolute atomic E-state index is 12.7. The van der Waals surface area contributed by atoms with Gasteiger partial charge >= 0.3 is 0 Å². The third kappa shape index (κ3) is 3.17. The van der Waals surface area contributed by atoms with Crippen LogP contribution >= 0.6 is 0 Å². The SMILES string of the molecule is Cc1noc(C)c1S(=O)Nc1ccc2c(c1)N(Cc1cnc[nH]1)CCO2. The summed E-state index contributed by atoms with van der Waals surface area (Å²) in [6, 6.07) is 5.69. The number of hydrogen-bond donors (Lipinski definition) is 2. The fourth-order valence-corrected chi connectivity index (χ4v) is 4.02. The van der Waals surface area contributed by atoms with Crippen LogP contribution in [-0.4, -0.2) is 32.5 Å². The number of hydrogen-bond acceptors (Lipinski definition) is 6. The maximum atomic E-state index is 12.7. The van der Waals surface area contributed by atoms with Crippen molar-refractivity contribution in [3.05, 3.63) is 47.9 Å². The molecule has 2 aromatic heterocycles. The van der Waals surface area contributed by atoms with E-state index < -0.39 is 11.0 Å². The Hall–Kier alpha value is -2.81. The van der Waals surface area contributed by atoms with Gasteiger partial charge in [0, 0.05) is 11.9 Å². The molecule has 0 aliphatic carbocycles. The first-order valence-corrected chi connectivity index (χ1v) is 9.37. The van der Waals surface area contributed by atoms with E-state index in [1.807, 2.05) is 24.4 Å².